The van der Waals surface area contributed by atoms with Crippen LogP contribution < -0.4 is 0 Å². The van der Waals surface area contributed by atoms with Crippen LogP contribution in [0.15, 0.2) is 0 Å². The molecule has 14 heavy (non-hydrogen) atoms. The smallest absolute Gasteiger partial charge is 0.201 e. The lowest BCUT2D eigenvalue weighted by atomic mass is 10.1. The fraction of sp³-hybridized carbons (Fsp3) is 1.00. The van der Waals surface area contributed by atoms with Crippen molar-refractivity contribution in [2.24, 2.45) is 0 Å². The summed E-state index contributed by atoms with van der Waals surface area (Å²) in [4.78, 5) is 0. The first-order valence-corrected chi connectivity index (χ1v) is 7.12. The molecule has 0 unspecified atom stereocenters. The van der Waals surface area contributed by atoms with Crippen LogP contribution in [0.25, 0.3) is 0 Å². The number of hydrogen-bond acceptors (Lipinski definition) is 4. The van der Waals surface area contributed by atoms with Crippen molar-refractivity contribution in [1.29, 1.82) is 0 Å². The maximum absolute atomic E-state index is 10.8. The van der Waals surface area contributed by atoms with E-state index in [9.17, 15) is 8.42 Å². The zero-order valence-corrected chi connectivity index (χ0v) is 10.4. The molecule has 0 aliphatic heterocycles. The highest BCUT2D eigenvalue weighted by molar-refractivity contribution is 7.95. The molecular weight excluding hydrogens is 220 g/mol. The van der Waals surface area contributed by atoms with Gasteiger partial charge in [-0.15, -0.1) is 0 Å². The Morgan fingerprint density at radius 3 is 2.00 bits per heavy atom. The van der Waals surface area contributed by atoms with Gasteiger partial charge in [-0.1, -0.05) is 45.4 Å². The van der Waals surface area contributed by atoms with Crippen LogP contribution in [0, 0.1) is 0 Å². The van der Waals surface area contributed by atoms with Crippen LogP contribution in [0.2, 0.25) is 0 Å². The number of rotatable bonds is 9. The lowest BCUT2D eigenvalue weighted by Gasteiger charge is -2.01. The lowest BCUT2D eigenvalue weighted by Crippen LogP contribution is -2.04. The summed E-state index contributed by atoms with van der Waals surface area (Å²) in [7, 11) is -3.35. The quantitative estimate of drug-likeness (QED) is 0.383. The molecule has 0 aliphatic rings. The lowest BCUT2D eigenvalue weighted by molar-refractivity contribution is 0.515. The molecular formula is C9H20O3S2. The van der Waals surface area contributed by atoms with Gasteiger partial charge in [0.05, 0.1) is 5.75 Å². The van der Waals surface area contributed by atoms with Gasteiger partial charge in [-0.25, -0.2) is 3.63 Å². The fourth-order valence-electron chi connectivity index (χ4n) is 1.27. The predicted molar refractivity (Wildman–Crippen MR) is 61.9 cm³/mol. The van der Waals surface area contributed by atoms with Crippen molar-refractivity contribution in [2.45, 2.75) is 51.9 Å². The van der Waals surface area contributed by atoms with Crippen LogP contribution in [0.3, 0.4) is 0 Å². The Balaban J connectivity index is 3.22. The Morgan fingerprint density at radius 2 is 1.50 bits per heavy atom. The minimum absolute atomic E-state index is 0.0876. The van der Waals surface area contributed by atoms with Crippen LogP contribution >= 0.6 is 12.9 Å². The largest absolute Gasteiger partial charge is 0.277 e. The maximum atomic E-state index is 10.8. The van der Waals surface area contributed by atoms with E-state index in [1.165, 1.54) is 25.7 Å². The molecule has 0 fully saturated rings. The van der Waals surface area contributed by atoms with Crippen molar-refractivity contribution in [3.8, 4) is 0 Å². The Hall–Kier alpha value is 0.260. The minimum atomic E-state index is -3.35. The molecule has 0 amide bonds. The first-order chi connectivity index (χ1) is 6.62. The van der Waals surface area contributed by atoms with Gasteiger partial charge in [0.2, 0.25) is 0 Å². The molecule has 0 rings (SSSR count). The highest BCUT2D eigenvalue weighted by Gasteiger charge is 2.07. The van der Waals surface area contributed by atoms with E-state index in [4.69, 9.17) is 0 Å². The summed E-state index contributed by atoms with van der Waals surface area (Å²) in [6.45, 7) is 2.18. The Bertz CT molecular complexity index is 212. The molecule has 0 bridgehead atoms. The molecule has 5 heteroatoms. The van der Waals surface area contributed by atoms with Gasteiger partial charge in [0.1, 0.15) is 0 Å². The SMILES string of the molecule is CCCCCCCCCS(=O)(=O)OS. The molecule has 0 aliphatic carbocycles. The van der Waals surface area contributed by atoms with Crippen LogP contribution in [-0.4, -0.2) is 14.2 Å². The third-order valence-electron chi connectivity index (χ3n) is 2.11. The third kappa shape index (κ3) is 8.84. The van der Waals surface area contributed by atoms with E-state index in [0.29, 0.717) is 6.42 Å². The standard InChI is InChI=1S/C9H20O3S2/c1-2-3-4-5-6-7-8-9-14(10,11)12-13/h13H,2-9H2,1H3. The Labute approximate surface area is 93.0 Å². The second kappa shape index (κ2) is 8.56. The second-order valence-electron chi connectivity index (χ2n) is 3.46. The Kier molecular flexibility index (Phi) is 8.72. The van der Waals surface area contributed by atoms with Crippen LogP contribution in [0.1, 0.15) is 51.9 Å². The van der Waals surface area contributed by atoms with E-state index >= 15 is 0 Å². The molecule has 0 aromatic rings. The first kappa shape index (κ1) is 14.3. The van der Waals surface area contributed by atoms with E-state index in [1.807, 2.05) is 0 Å². The van der Waals surface area contributed by atoms with E-state index in [1.54, 1.807) is 0 Å². The van der Waals surface area contributed by atoms with Gasteiger partial charge in [0.25, 0.3) is 10.1 Å². The summed E-state index contributed by atoms with van der Waals surface area (Å²) in [6, 6.07) is 0. The summed E-state index contributed by atoms with van der Waals surface area (Å²) in [5.74, 6) is 0.0876. The molecule has 0 spiro atoms. The first-order valence-electron chi connectivity index (χ1n) is 5.18. The summed E-state index contributed by atoms with van der Waals surface area (Å²) < 4.78 is 25.7. The maximum Gasteiger partial charge on any atom is 0.277 e. The highest BCUT2D eigenvalue weighted by atomic mass is 32.3. The van der Waals surface area contributed by atoms with Crippen molar-refractivity contribution < 1.29 is 12.0 Å². The summed E-state index contributed by atoms with van der Waals surface area (Å²) >= 11 is 3.28. The van der Waals surface area contributed by atoms with E-state index in [-0.39, 0.29) is 5.75 Å². The molecule has 0 saturated carbocycles. The van der Waals surface area contributed by atoms with Gasteiger partial charge >= 0.3 is 0 Å². The number of hydrogen-bond donors (Lipinski definition) is 1. The van der Waals surface area contributed by atoms with Gasteiger partial charge in [-0.2, -0.15) is 8.42 Å². The molecule has 0 aromatic heterocycles. The molecule has 0 atom stereocenters. The monoisotopic (exact) mass is 240 g/mol. The van der Waals surface area contributed by atoms with Crippen molar-refractivity contribution in [1.82, 2.24) is 0 Å². The summed E-state index contributed by atoms with van der Waals surface area (Å²) in [5.41, 5.74) is 0. The third-order valence-corrected chi connectivity index (χ3v) is 3.81. The zero-order chi connectivity index (χ0) is 10.9. The van der Waals surface area contributed by atoms with E-state index < -0.39 is 10.1 Å². The van der Waals surface area contributed by atoms with Gasteiger partial charge in [0, 0.05) is 0 Å². The normalized spacial score (nSPS) is 11.9. The van der Waals surface area contributed by atoms with Gasteiger partial charge in [0.15, 0.2) is 0 Å². The average molecular weight is 240 g/mol. The summed E-state index contributed by atoms with van der Waals surface area (Å²) in [6.07, 6.45) is 7.72. The average Bonchev–Trinajstić information content (AvgIpc) is 2.16. The molecule has 0 saturated heterocycles. The van der Waals surface area contributed by atoms with Gasteiger partial charge in [-0.05, 0) is 19.3 Å². The van der Waals surface area contributed by atoms with E-state index in [2.05, 4.69) is 23.5 Å². The molecule has 3 nitrogen and oxygen atoms in total. The van der Waals surface area contributed by atoms with Crippen molar-refractivity contribution in [2.75, 3.05) is 5.75 Å². The Morgan fingerprint density at radius 1 is 1.00 bits per heavy atom. The number of unbranched alkanes of at least 4 members (excludes halogenated alkanes) is 6. The second-order valence-corrected chi connectivity index (χ2v) is 5.58. The van der Waals surface area contributed by atoms with Crippen molar-refractivity contribution >= 4 is 23.0 Å². The molecule has 86 valence electrons. The zero-order valence-electron chi connectivity index (χ0n) is 8.74. The van der Waals surface area contributed by atoms with E-state index in [0.717, 1.165) is 12.8 Å². The topological polar surface area (TPSA) is 43.4 Å². The fourth-order valence-corrected chi connectivity index (χ4v) is 2.13. The minimum Gasteiger partial charge on any atom is -0.201 e. The molecule has 0 heterocycles. The number of thiol groups is 1. The highest BCUT2D eigenvalue weighted by Crippen LogP contribution is 2.08. The van der Waals surface area contributed by atoms with Crippen LogP contribution in [0.5, 0.6) is 0 Å². The van der Waals surface area contributed by atoms with Crippen LogP contribution in [-0.2, 0) is 13.7 Å². The van der Waals surface area contributed by atoms with Crippen molar-refractivity contribution in [3.63, 3.8) is 0 Å². The molecule has 0 radical (unpaired) electrons. The van der Waals surface area contributed by atoms with Gasteiger partial charge < -0.3 is 0 Å². The molecule has 0 N–H and O–H groups in total. The van der Waals surface area contributed by atoms with Gasteiger partial charge in [-0.3, -0.25) is 0 Å². The summed E-state index contributed by atoms with van der Waals surface area (Å²) in [5, 5.41) is 0. The van der Waals surface area contributed by atoms with Crippen LogP contribution in [0.4, 0.5) is 0 Å². The predicted octanol–water partition coefficient (Wildman–Crippen LogP) is 2.93. The molecule has 0 aromatic carbocycles. The van der Waals surface area contributed by atoms with Crippen molar-refractivity contribution in [3.05, 3.63) is 0 Å².